The van der Waals surface area contributed by atoms with E-state index in [9.17, 15) is 0 Å². The highest BCUT2D eigenvalue weighted by Crippen LogP contribution is 2.36. The molecule has 0 spiro atoms. The largest absolute Gasteiger partial charge is 0.462 e. The Morgan fingerprint density at radius 3 is 2.69 bits per heavy atom. The minimum Gasteiger partial charge on any atom is -0.462 e. The third-order valence-electron chi connectivity index (χ3n) is 8.91. The predicted molar refractivity (Wildman–Crippen MR) is 158 cm³/mol. The van der Waals surface area contributed by atoms with E-state index in [1.54, 1.807) is 0 Å². The Labute approximate surface area is 232 Å². The van der Waals surface area contributed by atoms with Gasteiger partial charge in [0.15, 0.2) is 0 Å². The maximum Gasteiger partial charge on any atom is 0.318 e. The normalized spacial score (nSPS) is 22.0. The van der Waals surface area contributed by atoms with Crippen LogP contribution in [-0.2, 0) is 13.0 Å². The van der Waals surface area contributed by atoms with Crippen molar-refractivity contribution in [3.05, 3.63) is 64.6 Å². The summed E-state index contributed by atoms with van der Waals surface area (Å²) in [5, 5.41) is 2.57. The summed E-state index contributed by atoms with van der Waals surface area (Å²) in [7, 11) is 2.18. The van der Waals surface area contributed by atoms with E-state index >= 15 is 0 Å². The summed E-state index contributed by atoms with van der Waals surface area (Å²) in [6, 6.07) is 14.1. The molecule has 3 aliphatic heterocycles. The van der Waals surface area contributed by atoms with Crippen LogP contribution in [0.25, 0.3) is 15.6 Å². The summed E-state index contributed by atoms with van der Waals surface area (Å²) in [6.07, 6.45) is 6.61. The fourth-order valence-corrected chi connectivity index (χ4v) is 6.79. The minimum absolute atomic E-state index is 0.402. The quantitative estimate of drug-likeness (QED) is 0.397. The smallest absolute Gasteiger partial charge is 0.318 e. The predicted octanol–water partition coefficient (Wildman–Crippen LogP) is 5.50. The van der Waals surface area contributed by atoms with Gasteiger partial charge in [-0.3, -0.25) is 0 Å². The molecule has 39 heavy (non-hydrogen) atoms. The number of benzene rings is 2. The fraction of sp³-hybridized carbons (Fsp3) is 0.531. The molecule has 0 radical (unpaired) electrons. The lowest BCUT2D eigenvalue weighted by molar-refractivity contribution is 0.187. The van der Waals surface area contributed by atoms with Crippen molar-refractivity contribution in [2.75, 3.05) is 56.2 Å². The zero-order valence-corrected chi connectivity index (χ0v) is 23.4. The molecule has 4 heterocycles. The van der Waals surface area contributed by atoms with Gasteiger partial charge in [-0.05, 0) is 70.0 Å². The molecular formula is C32H40N6O. The molecule has 2 atom stereocenters. The summed E-state index contributed by atoms with van der Waals surface area (Å²) in [4.78, 5) is 21.2. The summed E-state index contributed by atoms with van der Waals surface area (Å²) in [6.45, 7) is 15.6. The molecule has 7 nitrogen and oxygen atoms in total. The van der Waals surface area contributed by atoms with Crippen molar-refractivity contribution in [2.45, 2.75) is 58.0 Å². The third kappa shape index (κ3) is 5.40. The fourth-order valence-electron chi connectivity index (χ4n) is 6.79. The van der Waals surface area contributed by atoms with Gasteiger partial charge < -0.3 is 24.3 Å². The Morgan fingerprint density at radius 2 is 1.85 bits per heavy atom. The molecule has 0 amide bonds. The van der Waals surface area contributed by atoms with Crippen LogP contribution in [0.5, 0.6) is 6.01 Å². The molecule has 2 aromatic carbocycles. The molecule has 0 aliphatic carbocycles. The summed E-state index contributed by atoms with van der Waals surface area (Å²) in [5.41, 5.74) is 4.97. The molecule has 3 aromatic rings. The number of nitrogens with zero attached hydrogens (tertiary/aromatic N) is 6. The number of hydrogen-bond donors (Lipinski definition) is 0. The van der Waals surface area contributed by atoms with Crippen molar-refractivity contribution < 1.29 is 4.74 Å². The average molecular weight is 525 g/mol. The van der Waals surface area contributed by atoms with E-state index in [0.717, 1.165) is 76.3 Å². The van der Waals surface area contributed by atoms with Gasteiger partial charge in [-0.2, -0.15) is 9.97 Å². The number of ether oxygens (including phenoxy) is 1. The minimum atomic E-state index is 0.402. The molecule has 2 saturated heterocycles. The van der Waals surface area contributed by atoms with Gasteiger partial charge in [0.1, 0.15) is 12.4 Å². The first-order valence-corrected chi connectivity index (χ1v) is 14.6. The topological polar surface area (TPSA) is 49.1 Å². The second kappa shape index (κ2) is 11.4. The van der Waals surface area contributed by atoms with Crippen LogP contribution in [0.4, 0.5) is 11.5 Å². The molecule has 7 heteroatoms. The van der Waals surface area contributed by atoms with Crippen molar-refractivity contribution in [3.63, 3.8) is 0 Å². The molecule has 0 bridgehead atoms. The Morgan fingerprint density at radius 1 is 1.00 bits per heavy atom. The number of aryl methyl sites for hydroxylation is 1. The molecule has 2 fully saturated rings. The standard InChI is InChI=1S/C32H40N6O/c1-23-14-15-25-10-4-5-12-27(25)30(23)37-17-8-13-28-29(21-37)34-32(39-22-26-11-7-16-36(26)3)35-31(28)38-18-6-9-24(20-38)19-33-2/h4-5,10,12,14-15,24,26H,6-9,11,13,16-22H2,1,3H3/t24-,26-/m0/s1. The summed E-state index contributed by atoms with van der Waals surface area (Å²) >= 11 is 0. The van der Waals surface area contributed by atoms with Crippen molar-refractivity contribution in [3.8, 4) is 6.01 Å². The molecule has 0 N–H and O–H groups in total. The number of likely N-dealkylation sites (N-methyl/N-ethyl adjacent to an activating group) is 1. The number of anilines is 2. The monoisotopic (exact) mass is 524 g/mol. The maximum absolute atomic E-state index is 7.41. The van der Waals surface area contributed by atoms with Crippen LogP contribution in [0, 0.1) is 19.4 Å². The molecule has 204 valence electrons. The van der Waals surface area contributed by atoms with E-state index in [1.807, 2.05) is 0 Å². The van der Waals surface area contributed by atoms with Crippen LogP contribution in [0.15, 0.2) is 36.4 Å². The Balaban J connectivity index is 1.37. The summed E-state index contributed by atoms with van der Waals surface area (Å²) in [5.74, 6) is 1.44. The second-order valence-electron chi connectivity index (χ2n) is 11.6. The first kappa shape index (κ1) is 25.9. The zero-order chi connectivity index (χ0) is 26.8. The molecule has 0 unspecified atom stereocenters. The van der Waals surface area contributed by atoms with E-state index in [2.05, 4.69) is 69.9 Å². The number of hydrogen-bond acceptors (Lipinski definition) is 6. The van der Waals surface area contributed by atoms with Crippen molar-refractivity contribution >= 4 is 22.3 Å². The summed E-state index contributed by atoms with van der Waals surface area (Å²) < 4.78 is 6.35. The van der Waals surface area contributed by atoms with E-state index < -0.39 is 0 Å². The highest BCUT2D eigenvalue weighted by Gasteiger charge is 2.30. The van der Waals surface area contributed by atoms with Crippen LogP contribution < -0.4 is 14.5 Å². The van der Waals surface area contributed by atoms with E-state index in [-0.39, 0.29) is 0 Å². The van der Waals surface area contributed by atoms with Gasteiger partial charge in [0.05, 0.1) is 12.2 Å². The lowest BCUT2D eigenvalue weighted by Crippen LogP contribution is -2.38. The van der Waals surface area contributed by atoms with Crippen LogP contribution >= 0.6 is 0 Å². The van der Waals surface area contributed by atoms with Gasteiger partial charge in [0, 0.05) is 48.2 Å². The highest BCUT2D eigenvalue weighted by molar-refractivity contribution is 5.96. The van der Waals surface area contributed by atoms with Gasteiger partial charge in [0.2, 0.25) is 6.54 Å². The van der Waals surface area contributed by atoms with Gasteiger partial charge in [-0.1, -0.05) is 36.4 Å². The maximum atomic E-state index is 7.41. The second-order valence-corrected chi connectivity index (χ2v) is 11.6. The van der Waals surface area contributed by atoms with E-state index in [1.165, 1.54) is 34.0 Å². The van der Waals surface area contributed by atoms with E-state index in [4.69, 9.17) is 21.3 Å². The molecule has 6 rings (SSSR count). The number of likely N-dealkylation sites (tertiary alicyclic amines) is 1. The van der Waals surface area contributed by atoms with Crippen LogP contribution in [0.1, 0.15) is 48.9 Å². The van der Waals surface area contributed by atoms with Crippen LogP contribution in [0.3, 0.4) is 0 Å². The highest BCUT2D eigenvalue weighted by atomic mass is 16.5. The van der Waals surface area contributed by atoms with Crippen molar-refractivity contribution in [1.82, 2.24) is 14.9 Å². The molecule has 1 aromatic heterocycles. The van der Waals surface area contributed by atoms with Crippen LogP contribution in [0.2, 0.25) is 0 Å². The molecule has 0 saturated carbocycles. The van der Waals surface area contributed by atoms with Gasteiger partial charge in [-0.15, -0.1) is 0 Å². The SMILES string of the molecule is [C-]#[N+]C[C@@H]1CCCN(c2nc(OC[C@@H]3CCCN3C)nc3c2CCCN(c2c(C)ccc4ccccc24)C3)C1. The van der Waals surface area contributed by atoms with Gasteiger partial charge in [0.25, 0.3) is 0 Å². The zero-order valence-electron chi connectivity index (χ0n) is 23.4. The number of piperidine rings is 1. The van der Waals surface area contributed by atoms with E-state index in [0.29, 0.717) is 31.1 Å². The first-order chi connectivity index (χ1) is 19.1. The first-order valence-electron chi connectivity index (χ1n) is 14.6. The van der Waals surface area contributed by atoms with Gasteiger partial charge in [-0.25, -0.2) is 6.57 Å². The molecular weight excluding hydrogens is 484 g/mol. The van der Waals surface area contributed by atoms with Crippen molar-refractivity contribution in [1.29, 1.82) is 0 Å². The number of fused-ring (bicyclic) bond motifs is 2. The Bertz CT molecular complexity index is 1370. The Kier molecular flexibility index (Phi) is 7.56. The molecule has 3 aliphatic rings. The number of aromatic nitrogens is 2. The Hall–Kier alpha value is -3.37. The number of rotatable bonds is 6. The van der Waals surface area contributed by atoms with Crippen molar-refractivity contribution in [2.24, 2.45) is 5.92 Å². The average Bonchev–Trinajstić information content (AvgIpc) is 3.24. The third-order valence-corrected chi connectivity index (χ3v) is 8.91. The van der Waals surface area contributed by atoms with Crippen LogP contribution in [-0.4, -0.2) is 67.3 Å². The van der Waals surface area contributed by atoms with Gasteiger partial charge >= 0.3 is 6.01 Å². The lowest BCUT2D eigenvalue weighted by atomic mass is 9.97. The lowest BCUT2D eigenvalue weighted by Gasteiger charge is -2.33.